The van der Waals surface area contributed by atoms with Crippen molar-refractivity contribution in [2.24, 2.45) is 0 Å². The number of carbonyl (C=O) groups is 1. The molecule has 0 saturated heterocycles. The molecule has 1 rings (SSSR count). The average molecular weight is 209 g/mol. The van der Waals surface area contributed by atoms with Crippen molar-refractivity contribution in [1.82, 2.24) is 4.98 Å². The minimum absolute atomic E-state index is 0.0288. The molecule has 6 heteroatoms. The molecule has 1 N–H and O–H groups in total. The fraction of sp³-hybridized carbons (Fsp3) is 0.444. The van der Waals surface area contributed by atoms with Gasteiger partial charge in [-0.1, -0.05) is 0 Å². The highest BCUT2D eigenvalue weighted by Crippen LogP contribution is 2.11. The van der Waals surface area contributed by atoms with Gasteiger partial charge in [-0.3, -0.25) is 0 Å². The van der Waals surface area contributed by atoms with E-state index in [1.807, 2.05) is 0 Å². The molecule has 1 aromatic heterocycles. The number of carbonyl (C=O) groups excluding carboxylic acids is 1. The lowest BCUT2D eigenvalue weighted by molar-refractivity contribution is 0.0632. The number of aromatic nitrogens is 1. The first-order chi connectivity index (χ1) is 6.90. The fourth-order valence-corrected chi connectivity index (χ4v) is 0.775. The van der Waals surface area contributed by atoms with Gasteiger partial charge in [0.15, 0.2) is 0 Å². The van der Waals surface area contributed by atoms with Crippen LogP contribution in [0, 0.1) is 11.3 Å². The van der Waals surface area contributed by atoms with Gasteiger partial charge >= 0.3 is 12.1 Å². The summed E-state index contributed by atoms with van der Waals surface area (Å²) in [6.07, 6.45) is 0.543. The van der Waals surface area contributed by atoms with Gasteiger partial charge in [-0.25, -0.2) is 15.1 Å². The van der Waals surface area contributed by atoms with Crippen molar-refractivity contribution in [3.05, 3.63) is 12.0 Å². The van der Waals surface area contributed by atoms with Crippen molar-refractivity contribution in [2.75, 3.05) is 5.32 Å². The zero-order chi connectivity index (χ0) is 11.5. The molecule has 1 heterocycles. The van der Waals surface area contributed by atoms with Crippen LogP contribution < -0.4 is 5.32 Å². The lowest BCUT2D eigenvalue weighted by Crippen LogP contribution is -2.27. The molecule has 80 valence electrons. The lowest BCUT2D eigenvalue weighted by Gasteiger charge is -2.18. The summed E-state index contributed by atoms with van der Waals surface area (Å²) in [6, 6.07) is 1.69. The van der Waals surface area contributed by atoms with Gasteiger partial charge in [0.05, 0.1) is 6.20 Å². The van der Waals surface area contributed by atoms with Crippen LogP contribution in [0.25, 0.3) is 0 Å². The van der Waals surface area contributed by atoms with Crippen LogP contribution >= 0.6 is 0 Å². The van der Waals surface area contributed by atoms with Crippen molar-refractivity contribution in [1.29, 1.82) is 5.26 Å². The molecular weight excluding hydrogens is 198 g/mol. The molecule has 0 spiro atoms. The first kappa shape index (κ1) is 11.0. The van der Waals surface area contributed by atoms with Gasteiger partial charge in [-0.05, 0) is 20.8 Å². The number of rotatable bonds is 1. The second-order valence-corrected chi connectivity index (χ2v) is 3.77. The summed E-state index contributed by atoms with van der Waals surface area (Å²) in [7, 11) is 0. The Morgan fingerprint density at radius 3 is 2.80 bits per heavy atom. The Kier molecular flexibility index (Phi) is 2.95. The summed E-state index contributed by atoms with van der Waals surface area (Å²) in [6.45, 7) is 5.22. The first-order valence-corrected chi connectivity index (χ1v) is 4.26. The largest absolute Gasteiger partial charge is 0.443 e. The molecule has 1 aromatic rings. The minimum Gasteiger partial charge on any atom is -0.443 e. The molecule has 0 aliphatic rings. The molecular formula is C9H11N3O3. The third kappa shape index (κ3) is 3.68. The zero-order valence-electron chi connectivity index (χ0n) is 8.70. The van der Waals surface area contributed by atoms with Crippen LogP contribution in [-0.4, -0.2) is 16.7 Å². The van der Waals surface area contributed by atoms with Crippen LogP contribution in [0.15, 0.2) is 10.6 Å². The van der Waals surface area contributed by atoms with Crippen molar-refractivity contribution >= 4 is 12.1 Å². The van der Waals surface area contributed by atoms with Gasteiger partial charge in [0.1, 0.15) is 11.7 Å². The van der Waals surface area contributed by atoms with E-state index in [9.17, 15) is 4.79 Å². The van der Waals surface area contributed by atoms with E-state index in [1.165, 1.54) is 6.20 Å². The molecule has 0 bridgehead atoms. The number of anilines is 1. The second-order valence-electron chi connectivity index (χ2n) is 3.77. The molecule has 6 nitrogen and oxygen atoms in total. The number of ether oxygens (including phenoxy) is 1. The maximum Gasteiger partial charge on any atom is 0.415 e. The van der Waals surface area contributed by atoms with Crippen LogP contribution in [0.4, 0.5) is 10.8 Å². The maximum absolute atomic E-state index is 11.2. The third-order valence-electron chi connectivity index (χ3n) is 1.22. The Labute approximate surface area is 86.9 Å². The minimum atomic E-state index is -0.672. The monoisotopic (exact) mass is 209 g/mol. The van der Waals surface area contributed by atoms with Gasteiger partial charge in [0.2, 0.25) is 5.76 Å². The average Bonchev–Trinajstić information content (AvgIpc) is 2.48. The summed E-state index contributed by atoms with van der Waals surface area (Å²) >= 11 is 0. The molecule has 0 fully saturated rings. The van der Waals surface area contributed by atoms with E-state index in [1.54, 1.807) is 26.8 Å². The molecule has 1 amide bonds. The number of nitrogens with zero attached hydrogens (tertiary/aromatic N) is 2. The third-order valence-corrected chi connectivity index (χ3v) is 1.22. The number of nitrogens with one attached hydrogen (secondary N) is 1. The summed E-state index contributed by atoms with van der Waals surface area (Å²) in [5.41, 5.74) is -0.589. The molecule has 0 aliphatic carbocycles. The molecule has 15 heavy (non-hydrogen) atoms. The number of hydrogen-bond donors (Lipinski definition) is 1. The maximum atomic E-state index is 11.2. The first-order valence-electron chi connectivity index (χ1n) is 4.26. The predicted molar refractivity (Wildman–Crippen MR) is 51.1 cm³/mol. The van der Waals surface area contributed by atoms with Crippen LogP contribution in [-0.2, 0) is 4.74 Å². The molecule has 0 atom stereocenters. The zero-order valence-corrected chi connectivity index (χ0v) is 8.70. The Bertz CT molecular complexity index is 397. The molecule has 0 radical (unpaired) electrons. The number of oxazole rings is 1. The van der Waals surface area contributed by atoms with E-state index >= 15 is 0 Å². The molecule has 0 aliphatic heterocycles. The van der Waals surface area contributed by atoms with Crippen LogP contribution in [0.2, 0.25) is 0 Å². The van der Waals surface area contributed by atoms with Gasteiger partial charge in [0.25, 0.3) is 0 Å². The summed E-state index contributed by atoms with van der Waals surface area (Å²) in [5, 5.41) is 10.7. The molecule has 0 unspecified atom stereocenters. The lowest BCUT2D eigenvalue weighted by atomic mass is 10.2. The van der Waals surface area contributed by atoms with Gasteiger partial charge < -0.3 is 9.15 Å². The number of amides is 1. The van der Waals surface area contributed by atoms with E-state index in [4.69, 9.17) is 14.4 Å². The summed E-state index contributed by atoms with van der Waals surface area (Å²) in [4.78, 5) is 14.9. The van der Waals surface area contributed by atoms with Crippen LogP contribution in [0.5, 0.6) is 0 Å². The second kappa shape index (κ2) is 4.00. The molecule has 0 aromatic carbocycles. The Balaban J connectivity index is 2.56. The van der Waals surface area contributed by atoms with Crippen molar-refractivity contribution in [3.63, 3.8) is 0 Å². The predicted octanol–water partition coefficient (Wildman–Crippen LogP) is 1.89. The van der Waals surface area contributed by atoms with E-state index in [-0.39, 0.29) is 11.8 Å². The normalized spacial score (nSPS) is 10.5. The Hall–Kier alpha value is -2.03. The van der Waals surface area contributed by atoms with Crippen molar-refractivity contribution in [3.8, 4) is 6.07 Å². The van der Waals surface area contributed by atoms with E-state index in [0.29, 0.717) is 0 Å². The number of hydrogen-bond acceptors (Lipinski definition) is 5. The SMILES string of the molecule is CC(C)(C)OC(=O)Nc1ncc(C#N)o1. The Morgan fingerprint density at radius 2 is 2.33 bits per heavy atom. The topological polar surface area (TPSA) is 88.1 Å². The smallest absolute Gasteiger partial charge is 0.415 e. The quantitative estimate of drug-likeness (QED) is 0.762. The Morgan fingerprint density at radius 1 is 1.67 bits per heavy atom. The fourth-order valence-electron chi connectivity index (χ4n) is 0.775. The van der Waals surface area contributed by atoms with Crippen molar-refractivity contribution in [2.45, 2.75) is 26.4 Å². The highest BCUT2D eigenvalue weighted by Gasteiger charge is 2.17. The standard InChI is InChI=1S/C9H11N3O3/c1-9(2,3)15-8(13)12-7-11-5-6(4-10)14-7/h5H,1-3H3,(H,11,12,13). The van der Waals surface area contributed by atoms with Crippen LogP contribution in [0.3, 0.4) is 0 Å². The van der Waals surface area contributed by atoms with E-state index < -0.39 is 11.7 Å². The van der Waals surface area contributed by atoms with E-state index in [0.717, 1.165) is 0 Å². The van der Waals surface area contributed by atoms with Gasteiger partial charge in [0, 0.05) is 0 Å². The summed E-state index contributed by atoms with van der Waals surface area (Å²) < 4.78 is 9.79. The molecule has 0 saturated carbocycles. The van der Waals surface area contributed by atoms with Gasteiger partial charge in [-0.15, -0.1) is 0 Å². The highest BCUT2D eigenvalue weighted by molar-refractivity contribution is 5.82. The van der Waals surface area contributed by atoms with E-state index in [2.05, 4.69) is 10.3 Å². The van der Waals surface area contributed by atoms with Crippen molar-refractivity contribution < 1.29 is 13.9 Å². The summed E-state index contributed by atoms with van der Waals surface area (Å²) in [5.74, 6) is 0.0288. The number of nitriles is 1. The highest BCUT2D eigenvalue weighted by atomic mass is 16.6. The van der Waals surface area contributed by atoms with Gasteiger partial charge in [-0.2, -0.15) is 5.26 Å². The van der Waals surface area contributed by atoms with Crippen LogP contribution in [0.1, 0.15) is 26.5 Å².